The summed E-state index contributed by atoms with van der Waals surface area (Å²) in [5.41, 5.74) is 2.43. The van der Waals surface area contributed by atoms with E-state index in [0.29, 0.717) is 39.5 Å². The molecule has 0 unspecified atom stereocenters. The Balaban J connectivity index is 1.98. The van der Waals surface area contributed by atoms with Crippen LogP contribution in [-0.2, 0) is 12.7 Å². The first-order chi connectivity index (χ1) is 18.7. The van der Waals surface area contributed by atoms with Gasteiger partial charge in [0.1, 0.15) is 18.0 Å². The number of methoxy groups -OCH3 is 1. The van der Waals surface area contributed by atoms with E-state index in [1.54, 1.807) is 45.2 Å². The fraction of sp³-hybridized carbons (Fsp3) is 0.355. The van der Waals surface area contributed by atoms with Crippen LogP contribution in [0.4, 0.5) is 13.2 Å². The minimum absolute atomic E-state index is 0.0297. The molecule has 212 valence electrons. The number of hydrogen-bond acceptors (Lipinski definition) is 4. The number of carbonyl (C=O) groups is 1. The maximum absolute atomic E-state index is 14.5. The van der Waals surface area contributed by atoms with E-state index in [4.69, 9.17) is 9.72 Å². The molecule has 0 saturated carbocycles. The first kappa shape index (κ1) is 29.1. The summed E-state index contributed by atoms with van der Waals surface area (Å²) in [5.74, 6) is 1.05. The normalized spacial score (nSPS) is 12.5. The van der Waals surface area contributed by atoms with Crippen molar-refractivity contribution in [2.24, 2.45) is 0 Å². The Bertz CT molecular complexity index is 1520. The van der Waals surface area contributed by atoms with Gasteiger partial charge in [-0.15, -0.1) is 0 Å². The quantitative estimate of drug-likeness (QED) is 0.243. The Morgan fingerprint density at radius 3 is 2.05 bits per heavy atom. The fourth-order valence-electron chi connectivity index (χ4n) is 5.65. The molecule has 1 heterocycles. The van der Waals surface area contributed by atoms with Gasteiger partial charge in [0.25, 0.3) is 0 Å². The van der Waals surface area contributed by atoms with Crippen molar-refractivity contribution in [1.82, 2.24) is 9.55 Å². The van der Waals surface area contributed by atoms with Crippen LogP contribution >= 0.6 is 0 Å². The third-order valence-electron chi connectivity index (χ3n) is 7.74. The monoisotopic (exact) mass is 554 g/mol. The van der Waals surface area contributed by atoms with Crippen LogP contribution in [0.15, 0.2) is 54.6 Å². The molecular formula is C31H35F3N3O3+. The van der Waals surface area contributed by atoms with Crippen molar-refractivity contribution in [2.75, 3.05) is 7.11 Å². The molecule has 0 saturated heterocycles. The molecule has 6 nitrogen and oxygen atoms in total. The Hall–Kier alpha value is -3.85. The summed E-state index contributed by atoms with van der Waals surface area (Å²) < 4.78 is 47.9. The zero-order valence-electron chi connectivity index (χ0n) is 23.8. The fourth-order valence-corrected chi connectivity index (χ4v) is 5.65. The summed E-state index contributed by atoms with van der Waals surface area (Å²) in [6.45, 7) is 11.6. The Labute approximate surface area is 232 Å². The number of rotatable bonds is 7. The molecule has 0 aliphatic rings. The third-order valence-corrected chi connectivity index (χ3v) is 7.74. The maximum Gasteiger partial charge on any atom is 0.416 e. The van der Waals surface area contributed by atoms with E-state index >= 15 is 0 Å². The number of hydrogen-bond donors (Lipinski definition) is 1. The molecule has 4 rings (SSSR count). The minimum Gasteiger partial charge on any atom is -0.508 e. The smallest absolute Gasteiger partial charge is 0.416 e. The molecule has 0 aliphatic heterocycles. The van der Waals surface area contributed by atoms with Crippen LogP contribution in [0.1, 0.15) is 60.6 Å². The van der Waals surface area contributed by atoms with Crippen molar-refractivity contribution >= 4 is 16.9 Å². The molecular weight excluding hydrogens is 519 g/mol. The van der Waals surface area contributed by atoms with Crippen LogP contribution in [0.2, 0.25) is 0 Å². The summed E-state index contributed by atoms with van der Waals surface area (Å²) in [7, 11) is 1.56. The molecule has 40 heavy (non-hydrogen) atoms. The van der Waals surface area contributed by atoms with Gasteiger partial charge in [-0.1, -0.05) is 0 Å². The van der Waals surface area contributed by atoms with Crippen molar-refractivity contribution in [3.05, 3.63) is 82.7 Å². The van der Waals surface area contributed by atoms with E-state index < -0.39 is 11.7 Å². The second-order valence-corrected chi connectivity index (χ2v) is 10.8. The van der Waals surface area contributed by atoms with Crippen molar-refractivity contribution < 1.29 is 32.3 Å². The molecule has 4 aromatic rings. The van der Waals surface area contributed by atoms with E-state index in [9.17, 15) is 23.1 Å². The largest absolute Gasteiger partial charge is 0.508 e. The number of imidazole rings is 1. The standard InChI is InChI=1S/C31H34F3N3O3/c1-18(2)37(19(3)4,30(39)29-20(5)14-24(38)15-21(29)6)17-28-35-26-16-22(31(32,33)34)8-13-27(26)36(28)23-9-11-25(40-7)12-10-23/h8-16,18-19H,17H2,1-7H3/p+1. The van der Waals surface area contributed by atoms with Crippen LogP contribution in [0, 0.1) is 13.8 Å². The van der Waals surface area contributed by atoms with Crippen molar-refractivity contribution in [3.8, 4) is 17.2 Å². The minimum atomic E-state index is -4.52. The summed E-state index contributed by atoms with van der Waals surface area (Å²) in [4.78, 5) is 19.2. The number of phenolic OH excluding ortho intramolecular Hbond substituents is 1. The van der Waals surface area contributed by atoms with E-state index in [1.807, 2.05) is 44.4 Å². The zero-order valence-corrected chi connectivity index (χ0v) is 23.8. The lowest BCUT2D eigenvalue weighted by atomic mass is 9.97. The number of nitrogens with zero attached hydrogens (tertiary/aromatic N) is 3. The van der Waals surface area contributed by atoms with E-state index in [-0.39, 0.29) is 40.3 Å². The number of benzene rings is 3. The van der Waals surface area contributed by atoms with Gasteiger partial charge in [0.15, 0.2) is 5.82 Å². The predicted octanol–water partition coefficient (Wildman–Crippen LogP) is 7.35. The van der Waals surface area contributed by atoms with Gasteiger partial charge in [-0.3, -0.25) is 4.57 Å². The van der Waals surface area contributed by atoms with Crippen LogP contribution in [0.5, 0.6) is 11.5 Å². The first-order valence-corrected chi connectivity index (χ1v) is 13.2. The molecule has 1 amide bonds. The number of halogens is 3. The average molecular weight is 555 g/mol. The number of aryl methyl sites for hydroxylation is 2. The zero-order chi connectivity index (χ0) is 29.6. The molecule has 3 aromatic carbocycles. The first-order valence-electron chi connectivity index (χ1n) is 13.2. The van der Waals surface area contributed by atoms with Crippen LogP contribution in [0.3, 0.4) is 0 Å². The SMILES string of the molecule is COc1ccc(-n2c(C[N+](C(=O)c3c(C)cc(O)cc3C)(C(C)C)C(C)C)nc3cc(C(F)(F)F)ccc32)cc1. The number of carbonyl (C=O) groups excluding carboxylic acids is 1. The number of fused-ring (bicyclic) bond motifs is 1. The molecule has 9 heteroatoms. The molecule has 0 atom stereocenters. The van der Waals surface area contributed by atoms with Gasteiger partial charge >= 0.3 is 12.1 Å². The number of amides is 1. The highest BCUT2D eigenvalue weighted by molar-refractivity contribution is 5.93. The van der Waals surface area contributed by atoms with E-state index in [2.05, 4.69) is 0 Å². The molecule has 0 bridgehead atoms. The van der Waals surface area contributed by atoms with E-state index in [0.717, 1.165) is 12.1 Å². The van der Waals surface area contributed by atoms with Gasteiger partial charge in [0.05, 0.1) is 41.4 Å². The summed E-state index contributed by atoms with van der Waals surface area (Å²) >= 11 is 0. The Kier molecular flexibility index (Phi) is 7.73. The number of phenols is 1. The number of aromatic nitrogens is 2. The van der Waals surface area contributed by atoms with Crippen molar-refractivity contribution in [1.29, 1.82) is 0 Å². The van der Waals surface area contributed by atoms with Crippen LogP contribution in [-0.4, -0.2) is 44.2 Å². The Morgan fingerprint density at radius 2 is 1.55 bits per heavy atom. The third kappa shape index (κ3) is 5.06. The summed E-state index contributed by atoms with van der Waals surface area (Å²) in [6, 6.07) is 13.4. The van der Waals surface area contributed by atoms with Crippen LogP contribution < -0.4 is 4.74 Å². The Morgan fingerprint density at radius 1 is 0.975 bits per heavy atom. The lowest BCUT2D eigenvalue weighted by molar-refractivity contribution is -0.904. The van der Waals surface area contributed by atoms with Crippen molar-refractivity contribution in [3.63, 3.8) is 0 Å². The van der Waals surface area contributed by atoms with Gasteiger partial charge in [-0.05, 0) is 107 Å². The lowest BCUT2D eigenvalue weighted by Crippen LogP contribution is -2.61. The average Bonchev–Trinajstić information content (AvgIpc) is 3.22. The number of alkyl halides is 3. The molecule has 0 spiro atoms. The molecule has 0 aliphatic carbocycles. The number of quaternary nitrogens is 1. The molecule has 0 fully saturated rings. The highest BCUT2D eigenvalue weighted by Crippen LogP contribution is 2.36. The van der Waals surface area contributed by atoms with Gasteiger partial charge in [-0.2, -0.15) is 13.2 Å². The van der Waals surface area contributed by atoms with Crippen molar-refractivity contribution in [2.45, 2.75) is 66.3 Å². The van der Waals surface area contributed by atoms with E-state index in [1.165, 1.54) is 6.07 Å². The number of aromatic hydroxyl groups is 1. The second kappa shape index (κ2) is 10.6. The highest BCUT2D eigenvalue weighted by Gasteiger charge is 2.46. The van der Waals surface area contributed by atoms with Gasteiger partial charge < -0.3 is 9.84 Å². The number of ether oxygens (including phenoxy) is 1. The van der Waals surface area contributed by atoms with Gasteiger partial charge in [0.2, 0.25) is 0 Å². The summed E-state index contributed by atoms with van der Waals surface area (Å²) in [5, 5.41) is 10.1. The molecule has 1 N–H and O–H groups in total. The second-order valence-electron chi connectivity index (χ2n) is 10.8. The lowest BCUT2D eigenvalue weighted by Gasteiger charge is -2.43. The maximum atomic E-state index is 14.5. The van der Waals surface area contributed by atoms with Gasteiger partial charge in [-0.25, -0.2) is 14.3 Å². The molecule has 0 radical (unpaired) electrons. The topological polar surface area (TPSA) is 64.3 Å². The highest BCUT2D eigenvalue weighted by atomic mass is 19.4. The predicted molar refractivity (Wildman–Crippen MR) is 149 cm³/mol. The summed E-state index contributed by atoms with van der Waals surface area (Å²) in [6.07, 6.45) is -4.52. The molecule has 1 aromatic heterocycles. The van der Waals surface area contributed by atoms with Gasteiger partial charge in [0, 0.05) is 5.69 Å². The van der Waals surface area contributed by atoms with Crippen LogP contribution in [0.25, 0.3) is 16.7 Å².